The van der Waals surface area contributed by atoms with Gasteiger partial charge in [0.2, 0.25) is 0 Å². The minimum Gasteiger partial charge on any atom is -0.393 e. The van der Waals surface area contributed by atoms with Crippen molar-refractivity contribution >= 4 is 5.78 Å². The Bertz CT molecular complexity index is 102. The lowest BCUT2D eigenvalue weighted by Gasteiger charge is -2.10. The smallest absolute Gasteiger partial charge is 0.129 e. The Morgan fingerprint density at radius 1 is 1.45 bits per heavy atom. The molecule has 0 aromatic rings. The molecule has 68 valence electrons. The Kier molecular flexibility index (Phi) is 7.57. The van der Waals surface area contributed by atoms with Crippen LogP contribution in [0.15, 0.2) is 0 Å². The fourth-order valence-corrected chi connectivity index (χ4v) is 0. The van der Waals surface area contributed by atoms with Gasteiger partial charge in [0, 0.05) is 6.42 Å². The molecule has 0 unspecified atom stereocenters. The summed E-state index contributed by atoms with van der Waals surface area (Å²) < 4.78 is 0. The van der Waals surface area contributed by atoms with Gasteiger partial charge in [0.25, 0.3) is 0 Å². The van der Waals surface area contributed by atoms with E-state index in [1.54, 1.807) is 20.8 Å². The second-order valence-electron chi connectivity index (χ2n) is 3.03. The number of aliphatic hydroxyl groups excluding tert-OH is 1. The van der Waals surface area contributed by atoms with Crippen LogP contribution in [-0.2, 0) is 4.79 Å². The molecule has 0 aliphatic rings. The Morgan fingerprint density at radius 2 is 1.64 bits per heavy atom. The van der Waals surface area contributed by atoms with E-state index in [-0.39, 0.29) is 12.4 Å². The predicted molar refractivity (Wildman–Crippen MR) is 44.4 cm³/mol. The lowest BCUT2D eigenvalue weighted by atomic mass is 10.2. The summed E-state index contributed by atoms with van der Waals surface area (Å²) in [7, 11) is 0. The largest absolute Gasteiger partial charge is 0.393 e. The molecule has 0 saturated carbocycles. The topological polar surface area (TPSA) is 57.5 Å². The first-order valence-electron chi connectivity index (χ1n) is 3.66. The standard InChI is InChI=1S/C4H10O2.C4H8O/c1-4(2,6)3-5;1-3-4(2)5/h5-6H,3H2,1-2H3;3H2,1-2H3. The average Bonchev–Trinajstić information content (AvgIpc) is 1.88. The van der Waals surface area contributed by atoms with Gasteiger partial charge in [0.15, 0.2) is 0 Å². The summed E-state index contributed by atoms with van der Waals surface area (Å²) in [5.41, 5.74) is -0.903. The molecule has 0 aliphatic carbocycles. The van der Waals surface area contributed by atoms with Gasteiger partial charge in [-0.15, -0.1) is 0 Å². The van der Waals surface area contributed by atoms with Crippen LogP contribution in [0.1, 0.15) is 34.1 Å². The highest BCUT2D eigenvalue weighted by molar-refractivity contribution is 5.74. The Labute approximate surface area is 68.0 Å². The first-order chi connectivity index (χ1) is 4.83. The molecule has 0 radical (unpaired) electrons. The predicted octanol–water partition coefficient (Wildman–Crippen LogP) is 0.735. The van der Waals surface area contributed by atoms with Gasteiger partial charge in [-0.3, -0.25) is 0 Å². The maximum atomic E-state index is 9.81. The van der Waals surface area contributed by atoms with E-state index in [0.29, 0.717) is 6.42 Å². The SMILES string of the molecule is CC(C)(O)CO.CCC(C)=O. The number of rotatable bonds is 2. The molecule has 0 saturated heterocycles. The molecule has 0 amide bonds. The van der Waals surface area contributed by atoms with Crippen molar-refractivity contribution in [2.24, 2.45) is 0 Å². The molecule has 0 aromatic carbocycles. The maximum absolute atomic E-state index is 9.81. The van der Waals surface area contributed by atoms with E-state index in [4.69, 9.17) is 10.2 Å². The van der Waals surface area contributed by atoms with E-state index in [1.165, 1.54) is 0 Å². The molecule has 0 spiro atoms. The third-order valence-electron chi connectivity index (χ3n) is 0.885. The third-order valence-corrected chi connectivity index (χ3v) is 0.885. The van der Waals surface area contributed by atoms with Crippen LogP contribution in [0.3, 0.4) is 0 Å². The van der Waals surface area contributed by atoms with E-state index in [0.717, 1.165) is 0 Å². The summed E-state index contributed by atoms with van der Waals surface area (Å²) in [5, 5.41) is 16.7. The van der Waals surface area contributed by atoms with Crippen LogP contribution < -0.4 is 0 Å². The van der Waals surface area contributed by atoms with Crippen LogP contribution in [-0.4, -0.2) is 28.2 Å². The van der Waals surface area contributed by atoms with Crippen molar-refractivity contribution in [3.8, 4) is 0 Å². The number of aliphatic hydroxyl groups is 2. The van der Waals surface area contributed by atoms with Crippen molar-refractivity contribution in [2.45, 2.75) is 39.7 Å². The number of carbonyl (C=O) groups is 1. The van der Waals surface area contributed by atoms with Gasteiger partial charge in [-0.05, 0) is 20.8 Å². The van der Waals surface area contributed by atoms with Crippen molar-refractivity contribution < 1.29 is 15.0 Å². The number of carbonyl (C=O) groups excluding carboxylic acids is 1. The zero-order valence-corrected chi connectivity index (χ0v) is 7.72. The molecule has 11 heavy (non-hydrogen) atoms. The molecule has 3 heteroatoms. The summed E-state index contributed by atoms with van der Waals surface area (Å²) in [4.78, 5) is 9.81. The summed E-state index contributed by atoms with van der Waals surface area (Å²) in [6, 6.07) is 0. The zero-order valence-electron chi connectivity index (χ0n) is 7.72. The molecule has 0 fully saturated rings. The van der Waals surface area contributed by atoms with Crippen LogP contribution in [0.25, 0.3) is 0 Å². The number of ketones is 1. The lowest BCUT2D eigenvalue weighted by molar-refractivity contribution is -0.116. The highest BCUT2D eigenvalue weighted by Crippen LogP contribution is 1.95. The molecule has 0 atom stereocenters. The molecule has 0 bridgehead atoms. The fourth-order valence-electron chi connectivity index (χ4n) is 0. The minimum absolute atomic E-state index is 0.174. The summed E-state index contributed by atoms with van der Waals surface area (Å²) in [6.45, 7) is 6.36. The second kappa shape index (κ2) is 6.31. The second-order valence-corrected chi connectivity index (χ2v) is 3.03. The van der Waals surface area contributed by atoms with Crippen LogP contribution in [0, 0.1) is 0 Å². The molecule has 0 aromatic heterocycles. The zero-order chi connectivity index (χ0) is 9.49. The van der Waals surface area contributed by atoms with Crippen molar-refractivity contribution in [3.63, 3.8) is 0 Å². The van der Waals surface area contributed by atoms with Crippen LogP contribution in [0.2, 0.25) is 0 Å². The molecule has 0 aliphatic heterocycles. The lowest BCUT2D eigenvalue weighted by Crippen LogP contribution is -2.23. The van der Waals surface area contributed by atoms with Crippen molar-refractivity contribution in [1.29, 1.82) is 0 Å². The average molecular weight is 162 g/mol. The van der Waals surface area contributed by atoms with Crippen LogP contribution >= 0.6 is 0 Å². The quantitative estimate of drug-likeness (QED) is 0.629. The van der Waals surface area contributed by atoms with Gasteiger partial charge < -0.3 is 15.0 Å². The molecular weight excluding hydrogens is 144 g/mol. The van der Waals surface area contributed by atoms with Crippen molar-refractivity contribution in [1.82, 2.24) is 0 Å². The Morgan fingerprint density at radius 3 is 1.64 bits per heavy atom. The van der Waals surface area contributed by atoms with Gasteiger partial charge in [-0.25, -0.2) is 0 Å². The number of hydrogen-bond acceptors (Lipinski definition) is 3. The minimum atomic E-state index is -0.903. The monoisotopic (exact) mass is 162 g/mol. The molecular formula is C8H18O3. The Balaban J connectivity index is 0. The first-order valence-corrected chi connectivity index (χ1v) is 3.66. The van der Waals surface area contributed by atoms with Gasteiger partial charge >= 0.3 is 0 Å². The number of hydrogen-bond donors (Lipinski definition) is 2. The van der Waals surface area contributed by atoms with Gasteiger partial charge in [0.05, 0.1) is 12.2 Å². The van der Waals surface area contributed by atoms with Crippen LogP contribution in [0.5, 0.6) is 0 Å². The summed E-state index contributed by atoms with van der Waals surface area (Å²) >= 11 is 0. The third kappa shape index (κ3) is 26.2. The molecule has 2 N–H and O–H groups in total. The maximum Gasteiger partial charge on any atom is 0.129 e. The molecule has 0 heterocycles. The van der Waals surface area contributed by atoms with Gasteiger partial charge in [0.1, 0.15) is 5.78 Å². The number of Topliss-reactive ketones (excluding diaryl/α,β-unsaturated/α-hetero) is 1. The first kappa shape index (κ1) is 13.2. The van der Waals surface area contributed by atoms with Gasteiger partial charge in [-0.2, -0.15) is 0 Å². The van der Waals surface area contributed by atoms with E-state index in [2.05, 4.69) is 0 Å². The van der Waals surface area contributed by atoms with E-state index in [9.17, 15) is 4.79 Å². The molecule has 3 nitrogen and oxygen atoms in total. The highest BCUT2D eigenvalue weighted by Gasteiger charge is 2.07. The van der Waals surface area contributed by atoms with E-state index in [1.807, 2.05) is 6.92 Å². The summed E-state index contributed by atoms with van der Waals surface area (Å²) in [5.74, 6) is 0.255. The van der Waals surface area contributed by atoms with E-state index >= 15 is 0 Å². The fraction of sp³-hybridized carbons (Fsp3) is 0.875. The summed E-state index contributed by atoms with van der Waals surface area (Å²) in [6.07, 6.45) is 0.667. The van der Waals surface area contributed by atoms with Crippen molar-refractivity contribution in [2.75, 3.05) is 6.61 Å². The van der Waals surface area contributed by atoms with E-state index < -0.39 is 5.60 Å². The molecule has 0 rings (SSSR count). The van der Waals surface area contributed by atoms with Crippen LogP contribution in [0.4, 0.5) is 0 Å². The van der Waals surface area contributed by atoms with Gasteiger partial charge in [-0.1, -0.05) is 6.92 Å². The highest BCUT2D eigenvalue weighted by atomic mass is 16.3. The van der Waals surface area contributed by atoms with Crippen molar-refractivity contribution in [3.05, 3.63) is 0 Å². The normalized spacial score (nSPS) is 10.0. The Hall–Kier alpha value is -0.410.